The minimum atomic E-state index is -0.507. The lowest BCUT2D eigenvalue weighted by atomic mass is 10.1. The van der Waals surface area contributed by atoms with Crippen LogP contribution in [-0.4, -0.2) is 33.5 Å². The normalized spacial score (nSPS) is 20.0. The molecule has 0 saturated heterocycles. The number of benzene rings is 1. The summed E-state index contributed by atoms with van der Waals surface area (Å²) >= 11 is 0. The number of para-hydroxylation sites is 2. The summed E-state index contributed by atoms with van der Waals surface area (Å²) in [5, 5.41) is 10.2. The molecule has 112 valence electrons. The number of nitrogens with zero attached hydrogens (tertiary/aromatic N) is 2. The molecular formula is C17H22N2O2. The number of ether oxygens (including phenoxy) is 1. The summed E-state index contributed by atoms with van der Waals surface area (Å²) in [4.78, 5) is 4.52. The highest BCUT2D eigenvalue weighted by molar-refractivity contribution is 5.75. The summed E-state index contributed by atoms with van der Waals surface area (Å²) in [6, 6.07) is 8.01. The first-order chi connectivity index (χ1) is 10.2. The number of rotatable bonds is 5. The van der Waals surface area contributed by atoms with Crippen LogP contribution in [0.5, 0.6) is 0 Å². The van der Waals surface area contributed by atoms with Crippen molar-refractivity contribution in [1.29, 1.82) is 0 Å². The molecule has 21 heavy (non-hydrogen) atoms. The third-order valence-electron chi connectivity index (χ3n) is 3.98. The van der Waals surface area contributed by atoms with Gasteiger partial charge in [-0.25, -0.2) is 4.98 Å². The van der Waals surface area contributed by atoms with E-state index in [1.807, 2.05) is 31.2 Å². The second-order valence-electron chi connectivity index (χ2n) is 5.65. The molecule has 0 amide bonds. The fraction of sp³-hybridized carbons (Fsp3) is 0.471. The maximum Gasteiger partial charge on any atom is 0.106 e. The predicted octanol–water partition coefficient (Wildman–Crippen LogP) is 2.83. The SMILES string of the molecule is Cc1nc2ccccc2n1C[C@@H](O)CO[C@H]1CC=CCC1. The highest BCUT2D eigenvalue weighted by atomic mass is 16.5. The van der Waals surface area contributed by atoms with Crippen molar-refractivity contribution < 1.29 is 9.84 Å². The van der Waals surface area contributed by atoms with Gasteiger partial charge in [0.2, 0.25) is 0 Å². The standard InChI is InChI=1S/C17H22N2O2/c1-13-18-16-9-5-6-10-17(16)19(13)11-14(20)12-21-15-7-3-2-4-8-15/h2-3,5-6,9-10,14-15,20H,4,7-8,11-12H2,1H3/t14-,15+/m1/s1. The molecule has 0 saturated carbocycles. The van der Waals surface area contributed by atoms with E-state index in [0.717, 1.165) is 36.1 Å². The quantitative estimate of drug-likeness (QED) is 0.860. The van der Waals surface area contributed by atoms with Gasteiger partial charge in [-0.3, -0.25) is 0 Å². The number of aliphatic hydroxyl groups excluding tert-OH is 1. The van der Waals surface area contributed by atoms with E-state index in [1.165, 1.54) is 0 Å². The van der Waals surface area contributed by atoms with Crippen LogP contribution in [0, 0.1) is 6.92 Å². The Morgan fingerprint density at radius 2 is 2.24 bits per heavy atom. The largest absolute Gasteiger partial charge is 0.389 e. The molecule has 0 unspecified atom stereocenters. The Morgan fingerprint density at radius 1 is 1.38 bits per heavy atom. The van der Waals surface area contributed by atoms with Gasteiger partial charge in [-0.1, -0.05) is 24.3 Å². The van der Waals surface area contributed by atoms with Crippen molar-refractivity contribution in [2.24, 2.45) is 0 Å². The van der Waals surface area contributed by atoms with E-state index >= 15 is 0 Å². The lowest BCUT2D eigenvalue weighted by Gasteiger charge is -2.21. The Labute approximate surface area is 125 Å². The summed E-state index contributed by atoms with van der Waals surface area (Å²) in [6.07, 6.45) is 7.19. The van der Waals surface area contributed by atoms with E-state index in [0.29, 0.717) is 13.2 Å². The maximum atomic E-state index is 10.2. The van der Waals surface area contributed by atoms with Gasteiger partial charge < -0.3 is 14.4 Å². The van der Waals surface area contributed by atoms with Crippen LogP contribution in [0.4, 0.5) is 0 Å². The van der Waals surface area contributed by atoms with E-state index in [-0.39, 0.29) is 6.10 Å². The molecule has 2 aromatic rings. The summed E-state index contributed by atoms with van der Waals surface area (Å²) in [6.45, 7) is 2.87. The minimum absolute atomic E-state index is 0.255. The first-order valence-electron chi connectivity index (χ1n) is 7.60. The molecule has 0 radical (unpaired) electrons. The Bertz CT molecular complexity index is 633. The zero-order chi connectivity index (χ0) is 14.7. The van der Waals surface area contributed by atoms with Crippen LogP contribution in [0.25, 0.3) is 11.0 Å². The second-order valence-corrected chi connectivity index (χ2v) is 5.65. The zero-order valence-electron chi connectivity index (χ0n) is 12.4. The third-order valence-corrected chi connectivity index (χ3v) is 3.98. The first-order valence-corrected chi connectivity index (χ1v) is 7.60. The number of aryl methyl sites for hydroxylation is 1. The predicted molar refractivity (Wildman–Crippen MR) is 83.2 cm³/mol. The molecule has 0 spiro atoms. The number of imidazole rings is 1. The lowest BCUT2D eigenvalue weighted by molar-refractivity contribution is -0.0175. The molecule has 1 aromatic carbocycles. The van der Waals surface area contributed by atoms with Crippen LogP contribution >= 0.6 is 0 Å². The number of aromatic nitrogens is 2. The van der Waals surface area contributed by atoms with Crippen LogP contribution in [-0.2, 0) is 11.3 Å². The molecule has 1 heterocycles. The van der Waals surface area contributed by atoms with Crippen molar-refractivity contribution >= 4 is 11.0 Å². The van der Waals surface area contributed by atoms with Crippen LogP contribution in [0.3, 0.4) is 0 Å². The molecule has 1 aliphatic rings. The van der Waals surface area contributed by atoms with Gasteiger partial charge in [-0.2, -0.15) is 0 Å². The van der Waals surface area contributed by atoms with Crippen molar-refractivity contribution in [3.63, 3.8) is 0 Å². The fourth-order valence-corrected chi connectivity index (χ4v) is 2.85. The molecule has 4 nitrogen and oxygen atoms in total. The molecule has 1 aliphatic carbocycles. The number of hydrogen-bond donors (Lipinski definition) is 1. The van der Waals surface area contributed by atoms with Gasteiger partial charge in [0.15, 0.2) is 0 Å². The second kappa shape index (κ2) is 6.41. The van der Waals surface area contributed by atoms with Crippen LogP contribution < -0.4 is 0 Å². The number of aliphatic hydroxyl groups is 1. The van der Waals surface area contributed by atoms with Crippen molar-refractivity contribution in [1.82, 2.24) is 9.55 Å². The molecule has 0 aliphatic heterocycles. The summed E-state index contributed by atoms with van der Waals surface area (Å²) in [7, 11) is 0. The maximum absolute atomic E-state index is 10.2. The highest BCUT2D eigenvalue weighted by Gasteiger charge is 2.15. The summed E-state index contributed by atoms with van der Waals surface area (Å²) < 4.78 is 7.87. The molecule has 1 aromatic heterocycles. The van der Waals surface area contributed by atoms with E-state index in [4.69, 9.17) is 4.74 Å². The summed E-state index contributed by atoms with van der Waals surface area (Å²) in [5.41, 5.74) is 2.04. The van der Waals surface area contributed by atoms with Gasteiger partial charge in [0.1, 0.15) is 5.82 Å². The van der Waals surface area contributed by atoms with E-state index in [2.05, 4.69) is 21.7 Å². The molecule has 0 fully saturated rings. The average molecular weight is 286 g/mol. The number of fused-ring (bicyclic) bond motifs is 1. The van der Waals surface area contributed by atoms with Crippen molar-refractivity contribution in [2.75, 3.05) is 6.61 Å². The van der Waals surface area contributed by atoms with Gasteiger partial charge in [-0.05, 0) is 38.3 Å². The van der Waals surface area contributed by atoms with Crippen LogP contribution in [0.1, 0.15) is 25.1 Å². The average Bonchev–Trinajstić information content (AvgIpc) is 2.82. The van der Waals surface area contributed by atoms with E-state index in [9.17, 15) is 5.11 Å². The van der Waals surface area contributed by atoms with Crippen LogP contribution in [0.2, 0.25) is 0 Å². The van der Waals surface area contributed by atoms with Gasteiger partial charge in [0, 0.05) is 0 Å². The highest BCUT2D eigenvalue weighted by Crippen LogP contribution is 2.17. The third kappa shape index (κ3) is 3.34. The van der Waals surface area contributed by atoms with Gasteiger partial charge in [0.25, 0.3) is 0 Å². The molecular weight excluding hydrogens is 264 g/mol. The molecule has 3 rings (SSSR count). The first kappa shape index (κ1) is 14.3. The Hall–Kier alpha value is -1.65. The van der Waals surface area contributed by atoms with Gasteiger partial charge >= 0.3 is 0 Å². The van der Waals surface area contributed by atoms with E-state index in [1.54, 1.807) is 0 Å². The molecule has 4 heteroatoms. The van der Waals surface area contributed by atoms with Crippen molar-refractivity contribution in [3.05, 3.63) is 42.2 Å². The minimum Gasteiger partial charge on any atom is -0.389 e. The Morgan fingerprint density at radius 3 is 3.05 bits per heavy atom. The van der Waals surface area contributed by atoms with Gasteiger partial charge in [0.05, 0.1) is 36.4 Å². The van der Waals surface area contributed by atoms with Gasteiger partial charge in [-0.15, -0.1) is 0 Å². The van der Waals surface area contributed by atoms with E-state index < -0.39 is 6.10 Å². The Balaban J connectivity index is 1.62. The Kier molecular flexibility index (Phi) is 4.36. The monoisotopic (exact) mass is 286 g/mol. The zero-order valence-corrected chi connectivity index (χ0v) is 12.4. The van der Waals surface area contributed by atoms with Crippen molar-refractivity contribution in [3.8, 4) is 0 Å². The number of allylic oxidation sites excluding steroid dienone is 1. The lowest BCUT2D eigenvalue weighted by Crippen LogP contribution is -2.26. The number of hydrogen-bond acceptors (Lipinski definition) is 3. The topological polar surface area (TPSA) is 47.3 Å². The molecule has 1 N–H and O–H groups in total. The smallest absolute Gasteiger partial charge is 0.106 e. The molecule has 2 atom stereocenters. The van der Waals surface area contributed by atoms with Crippen LogP contribution in [0.15, 0.2) is 36.4 Å². The fourth-order valence-electron chi connectivity index (χ4n) is 2.85. The molecule has 0 bridgehead atoms. The summed E-state index contributed by atoms with van der Waals surface area (Å²) in [5.74, 6) is 0.927. The van der Waals surface area contributed by atoms with Crippen molar-refractivity contribution in [2.45, 2.75) is 44.9 Å².